The molecule has 3 aromatic rings. The molecule has 0 aliphatic heterocycles. The summed E-state index contributed by atoms with van der Waals surface area (Å²) in [6.45, 7) is 2.17. The van der Waals surface area contributed by atoms with Crippen LogP contribution in [0.4, 0.5) is 0 Å². The normalized spacial score (nSPS) is 10.8. The molecule has 0 bridgehead atoms. The number of nitrogens with zero attached hydrogens (tertiary/aromatic N) is 1. The Morgan fingerprint density at radius 2 is 2.16 bits per heavy atom. The Balaban J connectivity index is 1.99. The highest BCUT2D eigenvalue weighted by molar-refractivity contribution is 7.99. The zero-order valence-corrected chi connectivity index (χ0v) is 12.2. The van der Waals surface area contributed by atoms with Crippen molar-refractivity contribution in [2.45, 2.75) is 11.8 Å². The van der Waals surface area contributed by atoms with E-state index >= 15 is 0 Å². The zero-order chi connectivity index (χ0) is 13.1. The highest BCUT2D eigenvalue weighted by atomic mass is 32.2. The third kappa shape index (κ3) is 2.60. The van der Waals surface area contributed by atoms with E-state index in [0.717, 1.165) is 22.8 Å². The van der Waals surface area contributed by atoms with Gasteiger partial charge in [-0.05, 0) is 23.3 Å². The van der Waals surface area contributed by atoms with Crippen molar-refractivity contribution >= 4 is 23.1 Å². The fourth-order valence-corrected chi connectivity index (χ4v) is 3.43. The summed E-state index contributed by atoms with van der Waals surface area (Å²) in [6, 6.07) is 10.5. The van der Waals surface area contributed by atoms with Crippen molar-refractivity contribution in [2.24, 2.45) is 0 Å². The average Bonchev–Trinajstić information content (AvgIpc) is 3.11. The first kappa shape index (κ1) is 12.5. The maximum absolute atomic E-state index is 4.48. The van der Waals surface area contributed by atoms with Gasteiger partial charge in [0.25, 0.3) is 0 Å². The lowest BCUT2D eigenvalue weighted by atomic mass is 10.2. The molecule has 96 valence electrons. The van der Waals surface area contributed by atoms with Crippen molar-refractivity contribution < 1.29 is 0 Å². The monoisotopic (exact) mass is 286 g/mol. The quantitative estimate of drug-likeness (QED) is 0.690. The van der Waals surface area contributed by atoms with Gasteiger partial charge in [0, 0.05) is 21.4 Å². The van der Waals surface area contributed by atoms with Crippen molar-refractivity contribution in [2.75, 3.05) is 5.75 Å². The van der Waals surface area contributed by atoms with Gasteiger partial charge < -0.3 is 4.98 Å². The second-order valence-corrected chi connectivity index (χ2v) is 6.17. The third-order valence-electron chi connectivity index (χ3n) is 2.85. The number of aromatic nitrogens is 2. The van der Waals surface area contributed by atoms with Crippen molar-refractivity contribution in [1.29, 1.82) is 0 Å². The number of aromatic amines is 1. The van der Waals surface area contributed by atoms with E-state index in [2.05, 4.69) is 58.0 Å². The molecule has 0 aliphatic carbocycles. The molecule has 2 nitrogen and oxygen atoms in total. The summed E-state index contributed by atoms with van der Waals surface area (Å²) < 4.78 is 0. The van der Waals surface area contributed by atoms with E-state index < -0.39 is 0 Å². The summed E-state index contributed by atoms with van der Waals surface area (Å²) in [5.41, 5.74) is 3.46. The van der Waals surface area contributed by atoms with Crippen LogP contribution in [0.25, 0.3) is 22.6 Å². The van der Waals surface area contributed by atoms with E-state index in [1.165, 1.54) is 10.5 Å². The van der Waals surface area contributed by atoms with Gasteiger partial charge in [-0.1, -0.05) is 25.1 Å². The summed E-state index contributed by atoms with van der Waals surface area (Å²) in [5.74, 6) is 2.01. The summed E-state index contributed by atoms with van der Waals surface area (Å²) in [7, 11) is 0. The second-order valence-electron chi connectivity index (χ2n) is 4.09. The van der Waals surface area contributed by atoms with Crippen molar-refractivity contribution in [3.05, 3.63) is 47.3 Å². The first-order valence-corrected chi connectivity index (χ1v) is 8.11. The van der Waals surface area contributed by atoms with Gasteiger partial charge in [-0.15, -0.1) is 11.8 Å². The molecule has 0 atom stereocenters. The molecule has 19 heavy (non-hydrogen) atoms. The molecular formula is C15H14N2S2. The number of benzene rings is 1. The van der Waals surface area contributed by atoms with Gasteiger partial charge in [0.2, 0.25) is 0 Å². The number of hydrogen-bond donors (Lipinski definition) is 1. The van der Waals surface area contributed by atoms with Gasteiger partial charge in [0.1, 0.15) is 5.82 Å². The lowest BCUT2D eigenvalue weighted by molar-refractivity contribution is 1.31. The van der Waals surface area contributed by atoms with Gasteiger partial charge in [0.05, 0.1) is 11.9 Å². The van der Waals surface area contributed by atoms with Crippen LogP contribution in [0.15, 0.2) is 52.2 Å². The SMILES string of the molecule is CCSc1ccccc1-c1cnc(-c2ccsc2)[nH]1. The minimum Gasteiger partial charge on any atom is -0.338 e. The van der Waals surface area contributed by atoms with E-state index in [1.807, 2.05) is 18.0 Å². The molecule has 0 fully saturated rings. The average molecular weight is 286 g/mol. The van der Waals surface area contributed by atoms with Crippen LogP contribution in [0, 0.1) is 0 Å². The predicted octanol–water partition coefficient (Wildman–Crippen LogP) is 4.92. The molecule has 0 saturated carbocycles. The fourth-order valence-electron chi connectivity index (χ4n) is 1.97. The molecule has 0 unspecified atom stereocenters. The number of rotatable bonds is 4. The number of thioether (sulfide) groups is 1. The van der Waals surface area contributed by atoms with Crippen LogP contribution in [0.1, 0.15) is 6.92 Å². The smallest absolute Gasteiger partial charge is 0.138 e. The Labute approximate surface area is 120 Å². The maximum atomic E-state index is 4.48. The molecule has 0 amide bonds. The largest absolute Gasteiger partial charge is 0.338 e. The van der Waals surface area contributed by atoms with E-state index in [0.29, 0.717) is 0 Å². The van der Waals surface area contributed by atoms with Crippen LogP contribution in [0.5, 0.6) is 0 Å². The summed E-state index contributed by atoms with van der Waals surface area (Å²) in [4.78, 5) is 9.19. The van der Waals surface area contributed by atoms with Gasteiger partial charge >= 0.3 is 0 Å². The van der Waals surface area contributed by atoms with Gasteiger partial charge in [-0.2, -0.15) is 11.3 Å². The molecule has 3 rings (SSSR count). The molecule has 0 radical (unpaired) electrons. The third-order valence-corrected chi connectivity index (χ3v) is 4.49. The molecule has 1 N–H and O–H groups in total. The Hall–Kier alpha value is -1.52. The minimum atomic E-state index is 0.938. The van der Waals surface area contributed by atoms with Gasteiger partial charge in [-0.25, -0.2) is 4.98 Å². The predicted molar refractivity (Wildman–Crippen MR) is 83.7 cm³/mol. The fraction of sp³-hybridized carbons (Fsp3) is 0.133. The second kappa shape index (κ2) is 5.63. The molecular weight excluding hydrogens is 272 g/mol. The van der Waals surface area contributed by atoms with E-state index in [-0.39, 0.29) is 0 Å². The highest BCUT2D eigenvalue weighted by Gasteiger charge is 2.09. The Bertz CT molecular complexity index is 656. The van der Waals surface area contributed by atoms with Crippen LogP contribution in [-0.2, 0) is 0 Å². The first-order valence-electron chi connectivity index (χ1n) is 6.18. The Morgan fingerprint density at radius 1 is 1.26 bits per heavy atom. The van der Waals surface area contributed by atoms with Crippen LogP contribution >= 0.6 is 23.1 Å². The summed E-state index contributed by atoms with van der Waals surface area (Å²) in [5, 5.41) is 4.17. The lowest BCUT2D eigenvalue weighted by Crippen LogP contribution is -1.83. The number of H-pyrrole nitrogens is 1. The summed E-state index contributed by atoms with van der Waals surface area (Å²) in [6.07, 6.45) is 1.92. The molecule has 2 aromatic heterocycles. The first-order chi connectivity index (χ1) is 9.38. The number of thiophene rings is 1. The molecule has 1 aromatic carbocycles. The van der Waals surface area contributed by atoms with Crippen LogP contribution in [-0.4, -0.2) is 15.7 Å². The molecule has 0 aliphatic rings. The molecule has 2 heterocycles. The number of nitrogens with one attached hydrogen (secondary N) is 1. The van der Waals surface area contributed by atoms with Crippen molar-refractivity contribution in [3.8, 4) is 22.6 Å². The lowest BCUT2D eigenvalue weighted by Gasteiger charge is -2.05. The van der Waals surface area contributed by atoms with Crippen molar-refractivity contribution in [3.63, 3.8) is 0 Å². The Morgan fingerprint density at radius 3 is 2.95 bits per heavy atom. The maximum Gasteiger partial charge on any atom is 0.138 e. The Kier molecular flexibility index (Phi) is 3.71. The van der Waals surface area contributed by atoms with Crippen LogP contribution in [0.3, 0.4) is 0 Å². The van der Waals surface area contributed by atoms with Crippen LogP contribution < -0.4 is 0 Å². The summed E-state index contributed by atoms with van der Waals surface area (Å²) >= 11 is 3.54. The van der Waals surface area contributed by atoms with E-state index in [1.54, 1.807) is 11.3 Å². The molecule has 4 heteroatoms. The van der Waals surface area contributed by atoms with Gasteiger partial charge in [0.15, 0.2) is 0 Å². The molecule has 0 spiro atoms. The highest BCUT2D eigenvalue weighted by Crippen LogP contribution is 2.31. The van der Waals surface area contributed by atoms with Gasteiger partial charge in [-0.3, -0.25) is 0 Å². The minimum absolute atomic E-state index is 0.938. The zero-order valence-electron chi connectivity index (χ0n) is 10.6. The van der Waals surface area contributed by atoms with Crippen molar-refractivity contribution in [1.82, 2.24) is 9.97 Å². The van der Waals surface area contributed by atoms with E-state index in [9.17, 15) is 0 Å². The standard InChI is InChI=1S/C15H14N2S2/c1-2-19-14-6-4-3-5-12(14)13-9-16-15(17-13)11-7-8-18-10-11/h3-10H,2H2,1H3,(H,16,17). The topological polar surface area (TPSA) is 28.7 Å². The van der Waals surface area contributed by atoms with E-state index in [4.69, 9.17) is 0 Å². The number of hydrogen-bond acceptors (Lipinski definition) is 3. The number of imidazole rings is 1. The van der Waals surface area contributed by atoms with Crippen LogP contribution in [0.2, 0.25) is 0 Å². The molecule has 0 saturated heterocycles.